The fraction of sp³-hybridized carbons (Fsp3) is 0.636. The van der Waals surface area contributed by atoms with E-state index in [9.17, 15) is 5.11 Å². The van der Waals surface area contributed by atoms with E-state index < -0.39 is 6.23 Å². The number of aliphatic hydroxyl groups excluding tert-OH is 1. The van der Waals surface area contributed by atoms with Crippen LogP contribution in [0.1, 0.15) is 38.3 Å². The zero-order valence-electron chi connectivity index (χ0n) is 10.0. The lowest BCUT2D eigenvalue weighted by Crippen LogP contribution is -2.17. The van der Waals surface area contributed by atoms with Crippen LogP contribution in [0.2, 0.25) is 0 Å². The second-order valence-electron chi connectivity index (χ2n) is 4.50. The quantitative estimate of drug-likeness (QED) is 0.658. The molecule has 5 N–H and O–H groups in total. The molecule has 90 valence electrons. The van der Waals surface area contributed by atoms with Crippen molar-refractivity contribution in [1.82, 2.24) is 9.97 Å². The van der Waals surface area contributed by atoms with E-state index >= 15 is 0 Å². The van der Waals surface area contributed by atoms with Crippen LogP contribution in [0, 0.1) is 11.8 Å². The number of anilines is 1. The molecule has 1 rings (SSSR count). The van der Waals surface area contributed by atoms with Crippen molar-refractivity contribution in [3.63, 3.8) is 0 Å². The summed E-state index contributed by atoms with van der Waals surface area (Å²) in [5, 5.41) is 9.40. The van der Waals surface area contributed by atoms with Gasteiger partial charge >= 0.3 is 0 Å². The summed E-state index contributed by atoms with van der Waals surface area (Å²) in [6, 6.07) is 0. The lowest BCUT2D eigenvalue weighted by Gasteiger charge is -2.17. The van der Waals surface area contributed by atoms with Gasteiger partial charge < -0.3 is 16.6 Å². The number of nitrogen functional groups attached to an aromatic ring is 1. The van der Waals surface area contributed by atoms with Gasteiger partial charge in [-0.3, -0.25) is 0 Å². The van der Waals surface area contributed by atoms with E-state index in [1.54, 1.807) is 0 Å². The van der Waals surface area contributed by atoms with Crippen molar-refractivity contribution in [2.24, 2.45) is 17.6 Å². The van der Waals surface area contributed by atoms with Gasteiger partial charge in [-0.1, -0.05) is 20.8 Å². The van der Waals surface area contributed by atoms with Crippen LogP contribution in [0.15, 0.2) is 6.20 Å². The summed E-state index contributed by atoms with van der Waals surface area (Å²) in [6.07, 6.45) is 1.19. The Morgan fingerprint density at radius 3 is 2.50 bits per heavy atom. The molecule has 1 heterocycles. The fourth-order valence-corrected chi connectivity index (χ4v) is 1.39. The van der Waals surface area contributed by atoms with Gasteiger partial charge in [0.2, 0.25) is 5.95 Å². The number of hydrogen-bond donors (Lipinski definition) is 3. The van der Waals surface area contributed by atoms with Gasteiger partial charge in [0.15, 0.2) is 0 Å². The molecule has 0 spiro atoms. The molecule has 0 aliphatic rings. The summed E-state index contributed by atoms with van der Waals surface area (Å²) in [4.78, 5) is 7.98. The summed E-state index contributed by atoms with van der Waals surface area (Å²) in [6.45, 7) is 6.43. The topological polar surface area (TPSA) is 98.0 Å². The van der Waals surface area contributed by atoms with Crippen LogP contribution < -0.4 is 11.5 Å². The van der Waals surface area contributed by atoms with E-state index in [1.165, 1.54) is 6.20 Å². The molecule has 0 fully saturated rings. The lowest BCUT2D eigenvalue weighted by atomic mass is 9.92. The average molecular weight is 224 g/mol. The van der Waals surface area contributed by atoms with Gasteiger partial charge in [-0.25, -0.2) is 9.97 Å². The zero-order chi connectivity index (χ0) is 12.3. The molecule has 0 aliphatic heterocycles. The molecule has 16 heavy (non-hydrogen) atoms. The summed E-state index contributed by atoms with van der Waals surface area (Å²) >= 11 is 0. The van der Waals surface area contributed by atoms with Gasteiger partial charge in [0, 0.05) is 11.8 Å². The molecule has 0 radical (unpaired) electrons. The molecule has 0 amide bonds. The minimum atomic E-state index is -1.05. The molecule has 0 bridgehead atoms. The Morgan fingerprint density at radius 2 is 2.00 bits per heavy atom. The number of aromatic nitrogens is 2. The second kappa shape index (κ2) is 5.23. The van der Waals surface area contributed by atoms with Gasteiger partial charge in [-0.05, 0) is 18.3 Å². The third-order valence-electron chi connectivity index (χ3n) is 2.89. The molecular formula is C11H20N4O. The van der Waals surface area contributed by atoms with Gasteiger partial charge in [0.25, 0.3) is 0 Å². The number of aliphatic hydroxyl groups is 1. The monoisotopic (exact) mass is 224 g/mol. The lowest BCUT2D eigenvalue weighted by molar-refractivity contribution is 0.183. The van der Waals surface area contributed by atoms with Crippen LogP contribution in [0.4, 0.5) is 5.95 Å². The van der Waals surface area contributed by atoms with Gasteiger partial charge in [0.05, 0.1) is 5.69 Å². The van der Waals surface area contributed by atoms with Crippen molar-refractivity contribution in [2.45, 2.75) is 33.4 Å². The van der Waals surface area contributed by atoms with Gasteiger partial charge in [0.1, 0.15) is 6.23 Å². The number of rotatable bonds is 4. The molecule has 2 unspecified atom stereocenters. The molecule has 5 heteroatoms. The predicted molar refractivity (Wildman–Crippen MR) is 63.3 cm³/mol. The largest absolute Gasteiger partial charge is 0.374 e. The van der Waals surface area contributed by atoms with Crippen molar-refractivity contribution in [3.05, 3.63) is 17.5 Å². The fourth-order valence-electron chi connectivity index (χ4n) is 1.39. The van der Waals surface area contributed by atoms with Crippen molar-refractivity contribution < 1.29 is 5.11 Å². The maximum atomic E-state index is 9.40. The van der Waals surface area contributed by atoms with Gasteiger partial charge in [-0.15, -0.1) is 0 Å². The van der Waals surface area contributed by atoms with Crippen molar-refractivity contribution in [1.29, 1.82) is 0 Å². The van der Waals surface area contributed by atoms with Crippen LogP contribution >= 0.6 is 0 Å². The first-order valence-electron chi connectivity index (χ1n) is 5.46. The van der Waals surface area contributed by atoms with E-state index in [0.717, 1.165) is 12.1 Å². The van der Waals surface area contributed by atoms with E-state index in [2.05, 4.69) is 30.7 Å². The molecule has 2 atom stereocenters. The van der Waals surface area contributed by atoms with E-state index in [0.29, 0.717) is 17.4 Å². The molecule has 5 nitrogen and oxygen atoms in total. The normalized spacial score (nSPS) is 15.1. The summed E-state index contributed by atoms with van der Waals surface area (Å²) in [7, 11) is 0. The van der Waals surface area contributed by atoms with E-state index in [-0.39, 0.29) is 5.95 Å². The summed E-state index contributed by atoms with van der Waals surface area (Å²) in [5.74, 6) is 1.21. The average Bonchev–Trinajstić information content (AvgIpc) is 2.16. The molecule has 0 saturated heterocycles. The Bertz CT molecular complexity index is 352. The van der Waals surface area contributed by atoms with Crippen LogP contribution in [0.25, 0.3) is 0 Å². The zero-order valence-corrected chi connectivity index (χ0v) is 10.0. The smallest absolute Gasteiger partial charge is 0.220 e. The highest BCUT2D eigenvalue weighted by Gasteiger charge is 2.15. The summed E-state index contributed by atoms with van der Waals surface area (Å²) < 4.78 is 0. The highest BCUT2D eigenvalue weighted by atomic mass is 16.3. The van der Waals surface area contributed by atoms with Crippen LogP contribution in [0.5, 0.6) is 0 Å². The minimum absolute atomic E-state index is 0.218. The SMILES string of the molecule is CC(C)C(C)Cc1nc(N)ncc1C(N)O. The second-order valence-corrected chi connectivity index (χ2v) is 4.50. The first-order valence-corrected chi connectivity index (χ1v) is 5.46. The standard InChI is InChI=1S/C11H20N4O/c1-6(2)7(3)4-9-8(10(12)16)5-14-11(13)15-9/h5-7,10,16H,4,12H2,1-3H3,(H2,13,14,15). The maximum absolute atomic E-state index is 9.40. The molecule has 0 saturated carbocycles. The Hall–Kier alpha value is -1.20. The van der Waals surface area contributed by atoms with E-state index in [4.69, 9.17) is 11.5 Å². The molecule has 1 aromatic heterocycles. The summed E-state index contributed by atoms with van der Waals surface area (Å²) in [5.41, 5.74) is 12.3. The number of hydrogen-bond acceptors (Lipinski definition) is 5. The number of nitrogens with two attached hydrogens (primary N) is 2. The van der Waals surface area contributed by atoms with Gasteiger partial charge in [-0.2, -0.15) is 0 Å². The predicted octanol–water partition coefficient (Wildman–Crippen LogP) is 0.843. The Balaban J connectivity index is 2.96. The van der Waals surface area contributed by atoms with E-state index in [1.807, 2.05) is 0 Å². The van der Waals surface area contributed by atoms with Crippen molar-refractivity contribution >= 4 is 5.95 Å². The van der Waals surface area contributed by atoms with Crippen molar-refractivity contribution in [2.75, 3.05) is 5.73 Å². The Labute approximate surface area is 95.9 Å². The Morgan fingerprint density at radius 1 is 1.38 bits per heavy atom. The third kappa shape index (κ3) is 3.15. The maximum Gasteiger partial charge on any atom is 0.220 e. The third-order valence-corrected chi connectivity index (χ3v) is 2.89. The molecule has 0 aromatic carbocycles. The molecule has 0 aliphatic carbocycles. The first-order chi connectivity index (χ1) is 7.41. The van der Waals surface area contributed by atoms with Crippen molar-refractivity contribution in [3.8, 4) is 0 Å². The minimum Gasteiger partial charge on any atom is -0.374 e. The first kappa shape index (κ1) is 12.9. The van der Waals surface area contributed by atoms with Crippen LogP contribution in [-0.4, -0.2) is 15.1 Å². The van der Waals surface area contributed by atoms with Crippen LogP contribution in [-0.2, 0) is 6.42 Å². The number of nitrogens with zero attached hydrogens (tertiary/aromatic N) is 2. The Kier molecular flexibility index (Phi) is 4.20. The molecular weight excluding hydrogens is 204 g/mol. The molecule has 1 aromatic rings. The highest BCUT2D eigenvalue weighted by Crippen LogP contribution is 2.20. The highest BCUT2D eigenvalue weighted by molar-refractivity contribution is 5.26. The van der Waals surface area contributed by atoms with Crippen LogP contribution in [0.3, 0.4) is 0 Å².